The molecule has 4 rings (SSSR count). The van der Waals surface area contributed by atoms with Crippen LogP contribution in [0.4, 0.5) is 13.2 Å². The second-order valence-corrected chi connectivity index (χ2v) is 16.9. The van der Waals surface area contributed by atoms with Crippen LogP contribution in [-0.4, -0.2) is 52.9 Å². The number of benzene rings is 2. The lowest BCUT2D eigenvalue weighted by atomic mass is 10.1. The Balaban J connectivity index is 1.68. The number of fused-ring (bicyclic) bond motifs is 1. The van der Waals surface area contributed by atoms with Crippen LogP contribution in [0.1, 0.15) is 41.0 Å². The zero-order chi connectivity index (χ0) is 27.3. The quantitative estimate of drug-likeness (QED) is 0.286. The summed E-state index contributed by atoms with van der Waals surface area (Å²) in [5.41, 5.74) is -5.53. The standard InChI is InChI=1S/C26H33F3O6SSi/c1-24(2,3)37(19-12-8-6-9-13-19,20-14-10-7-11-15-20)32-17-18-16-21(35-36(30,31)26(27,28)29)23-22(18)33-25(4,5)34-23/h6-15,18,21-23H,16-17H2,1-5H3/t18-,21+,22-,23+/m1/s1. The number of alkyl halides is 3. The normalized spacial score (nSPS) is 26.3. The molecular formula is C26H33F3O6SSi. The molecule has 1 saturated heterocycles. The van der Waals surface area contributed by atoms with Crippen LogP contribution in [0, 0.1) is 5.92 Å². The second kappa shape index (κ2) is 9.76. The topological polar surface area (TPSA) is 71.1 Å². The zero-order valence-electron chi connectivity index (χ0n) is 21.5. The Hall–Kier alpha value is -1.76. The lowest BCUT2D eigenvalue weighted by Gasteiger charge is -2.43. The highest BCUT2D eigenvalue weighted by atomic mass is 32.2. The fraction of sp³-hybridized carbons (Fsp3) is 0.538. The number of hydrogen-bond acceptors (Lipinski definition) is 6. The van der Waals surface area contributed by atoms with E-state index in [2.05, 4.69) is 25.0 Å². The van der Waals surface area contributed by atoms with Gasteiger partial charge in [0.25, 0.3) is 8.32 Å². The van der Waals surface area contributed by atoms with Gasteiger partial charge in [-0.1, -0.05) is 81.4 Å². The van der Waals surface area contributed by atoms with Gasteiger partial charge >= 0.3 is 15.6 Å². The highest BCUT2D eigenvalue weighted by molar-refractivity contribution is 7.87. The molecule has 0 spiro atoms. The van der Waals surface area contributed by atoms with E-state index in [-0.39, 0.29) is 18.1 Å². The Bertz CT molecular complexity index is 1140. The predicted octanol–water partition coefficient (Wildman–Crippen LogP) is 4.34. The lowest BCUT2D eigenvalue weighted by molar-refractivity contribution is -0.166. The first kappa shape index (κ1) is 28.3. The molecule has 0 radical (unpaired) electrons. The van der Waals surface area contributed by atoms with Gasteiger partial charge in [-0.25, -0.2) is 0 Å². The molecule has 1 saturated carbocycles. The summed E-state index contributed by atoms with van der Waals surface area (Å²) >= 11 is 0. The van der Waals surface area contributed by atoms with Gasteiger partial charge in [0.15, 0.2) is 5.79 Å². The Morgan fingerprint density at radius 3 is 1.86 bits per heavy atom. The van der Waals surface area contributed by atoms with Gasteiger partial charge in [0.1, 0.15) is 12.2 Å². The summed E-state index contributed by atoms with van der Waals surface area (Å²) in [5.74, 6) is -1.54. The molecule has 1 aliphatic carbocycles. The first-order valence-corrected chi connectivity index (χ1v) is 15.5. The van der Waals surface area contributed by atoms with E-state index < -0.39 is 54.0 Å². The number of rotatable bonds is 7. The molecule has 0 unspecified atom stereocenters. The molecule has 0 amide bonds. The average molecular weight is 559 g/mol. The minimum atomic E-state index is -5.80. The highest BCUT2D eigenvalue weighted by Crippen LogP contribution is 2.45. The second-order valence-electron chi connectivity index (χ2n) is 11.1. The molecule has 1 heterocycles. The van der Waals surface area contributed by atoms with Gasteiger partial charge in [0, 0.05) is 12.5 Å². The monoisotopic (exact) mass is 558 g/mol. The van der Waals surface area contributed by atoms with Gasteiger partial charge < -0.3 is 13.9 Å². The summed E-state index contributed by atoms with van der Waals surface area (Å²) in [6, 6.07) is 19.9. The molecule has 11 heteroatoms. The number of halogens is 3. The molecule has 37 heavy (non-hydrogen) atoms. The molecular weight excluding hydrogens is 525 g/mol. The fourth-order valence-corrected chi connectivity index (χ4v) is 10.7. The maximum atomic E-state index is 13.1. The van der Waals surface area contributed by atoms with Crippen molar-refractivity contribution in [3.63, 3.8) is 0 Å². The van der Waals surface area contributed by atoms with Crippen molar-refractivity contribution >= 4 is 28.8 Å². The first-order valence-electron chi connectivity index (χ1n) is 12.2. The molecule has 2 aromatic rings. The van der Waals surface area contributed by atoms with Gasteiger partial charge in [-0.15, -0.1) is 0 Å². The molecule has 6 nitrogen and oxygen atoms in total. The minimum Gasteiger partial charge on any atom is -0.407 e. The zero-order valence-corrected chi connectivity index (χ0v) is 23.3. The predicted molar refractivity (Wildman–Crippen MR) is 135 cm³/mol. The lowest BCUT2D eigenvalue weighted by Crippen LogP contribution is -2.67. The molecule has 2 fully saturated rings. The van der Waals surface area contributed by atoms with Crippen molar-refractivity contribution in [2.45, 2.75) is 75.7 Å². The van der Waals surface area contributed by atoms with Crippen LogP contribution in [0.15, 0.2) is 60.7 Å². The Morgan fingerprint density at radius 1 is 0.919 bits per heavy atom. The van der Waals surface area contributed by atoms with Crippen molar-refractivity contribution in [1.29, 1.82) is 0 Å². The minimum absolute atomic E-state index is 0.0150. The summed E-state index contributed by atoms with van der Waals surface area (Å²) in [6.07, 6.45) is -3.01. The van der Waals surface area contributed by atoms with E-state index in [1.807, 2.05) is 60.7 Å². The molecule has 0 N–H and O–H groups in total. The van der Waals surface area contributed by atoms with E-state index in [9.17, 15) is 21.6 Å². The third-order valence-electron chi connectivity index (χ3n) is 6.99. The van der Waals surface area contributed by atoms with Crippen molar-refractivity contribution in [1.82, 2.24) is 0 Å². The van der Waals surface area contributed by atoms with E-state index >= 15 is 0 Å². The van der Waals surface area contributed by atoms with Crippen molar-refractivity contribution in [3.8, 4) is 0 Å². The third-order valence-corrected chi connectivity index (χ3v) is 13.1. The van der Waals surface area contributed by atoms with E-state index in [1.54, 1.807) is 13.8 Å². The van der Waals surface area contributed by atoms with E-state index in [4.69, 9.17) is 13.9 Å². The number of ether oxygens (including phenoxy) is 2. The maximum absolute atomic E-state index is 13.1. The Kier molecular flexibility index (Phi) is 7.46. The average Bonchev–Trinajstić information content (AvgIpc) is 3.27. The molecule has 2 aliphatic rings. The summed E-state index contributed by atoms with van der Waals surface area (Å²) < 4.78 is 86.4. The van der Waals surface area contributed by atoms with Crippen molar-refractivity contribution < 1.29 is 39.7 Å². The molecule has 0 bridgehead atoms. The molecule has 4 atom stereocenters. The smallest absolute Gasteiger partial charge is 0.407 e. The summed E-state index contributed by atoms with van der Waals surface area (Å²) in [5, 5.41) is 1.80. The van der Waals surface area contributed by atoms with Crippen LogP contribution in [0.2, 0.25) is 5.04 Å². The van der Waals surface area contributed by atoms with Crippen LogP contribution in [0.3, 0.4) is 0 Å². The van der Waals surface area contributed by atoms with Crippen LogP contribution >= 0.6 is 0 Å². The highest BCUT2D eigenvalue weighted by Gasteiger charge is 2.59. The van der Waals surface area contributed by atoms with Crippen molar-refractivity contribution in [2.24, 2.45) is 5.92 Å². The molecule has 0 aromatic heterocycles. The van der Waals surface area contributed by atoms with E-state index in [1.165, 1.54) is 0 Å². The molecule has 2 aromatic carbocycles. The van der Waals surface area contributed by atoms with Gasteiger partial charge in [-0.05, 0) is 35.7 Å². The number of hydrogen-bond donors (Lipinski definition) is 0. The maximum Gasteiger partial charge on any atom is 0.523 e. The van der Waals surface area contributed by atoms with Crippen LogP contribution in [-0.2, 0) is 28.2 Å². The third kappa shape index (κ3) is 5.39. The van der Waals surface area contributed by atoms with Gasteiger partial charge in [-0.3, -0.25) is 4.18 Å². The van der Waals surface area contributed by atoms with Gasteiger partial charge in [0.05, 0.1) is 6.10 Å². The van der Waals surface area contributed by atoms with Crippen LogP contribution < -0.4 is 10.4 Å². The van der Waals surface area contributed by atoms with Crippen LogP contribution in [0.5, 0.6) is 0 Å². The molecule has 204 valence electrons. The Morgan fingerprint density at radius 2 is 1.41 bits per heavy atom. The van der Waals surface area contributed by atoms with E-state index in [0.29, 0.717) is 0 Å². The summed E-state index contributed by atoms with van der Waals surface area (Å²) in [4.78, 5) is 0. The van der Waals surface area contributed by atoms with Crippen molar-refractivity contribution in [3.05, 3.63) is 60.7 Å². The first-order chi connectivity index (χ1) is 17.1. The van der Waals surface area contributed by atoms with Gasteiger partial charge in [0.2, 0.25) is 0 Å². The largest absolute Gasteiger partial charge is 0.523 e. The SMILES string of the molecule is CC1(C)O[C@@H]2[C@@H](CO[Si](c3ccccc3)(c3ccccc3)C(C)(C)C)C[C@H](OS(=O)(=O)C(F)(F)F)[C@@H]2O1. The van der Waals surface area contributed by atoms with Gasteiger partial charge in [-0.2, -0.15) is 21.6 Å². The molecule has 1 aliphatic heterocycles. The van der Waals surface area contributed by atoms with Crippen LogP contribution in [0.25, 0.3) is 0 Å². The van der Waals surface area contributed by atoms with E-state index in [0.717, 1.165) is 10.4 Å². The summed E-state index contributed by atoms with van der Waals surface area (Å²) in [7, 11) is -8.73. The fourth-order valence-electron chi connectivity index (χ4n) is 5.50. The Labute approximate surface area is 217 Å². The summed E-state index contributed by atoms with van der Waals surface area (Å²) in [6.45, 7) is 9.78. The van der Waals surface area contributed by atoms with Crippen molar-refractivity contribution in [2.75, 3.05) is 6.61 Å².